The van der Waals surface area contributed by atoms with E-state index in [9.17, 15) is 4.39 Å². The second-order valence-electron chi connectivity index (χ2n) is 3.62. The van der Waals surface area contributed by atoms with Crippen LogP contribution in [0.5, 0.6) is 0 Å². The Morgan fingerprint density at radius 3 is 2.69 bits per heavy atom. The summed E-state index contributed by atoms with van der Waals surface area (Å²) in [7, 11) is 0. The molecule has 0 bridgehead atoms. The summed E-state index contributed by atoms with van der Waals surface area (Å²) in [6.07, 6.45) is 0. The highest BCUT2D eigenvalue weighted by Gasteiger charge is 2.13. The van der Waals surface area contributed by atoms with Gasteiger partial charge in [0, 0.05) is 11.6 Å². The highest BCUT2D eigenvalue weighted by Crippen LogP contribution is 2.37. The first-order valence-corrected chi connectivity index (χ1v) is 6.13. The van der Waals surface area contributed by atoms with Gasteiger partial charge in [-0.3, -0.25) is 0 Å². The van der Waals surface area contributed by atoms with Crippen LogP contribution >= 0.6 is 22.9 Å². The van der Waals surface area contributed by atoms with Crippen molar-refractivity contribution in [2.45, 2.75) is 13.0 Å². The summed E-state index contributed by atoms with van der Waals surface area (Å²) in [5.41, 5.74) is 7.56. The third-order valence-electron chi connectivity index (χ3n) is 2.37. The van der Waals surface area contributed by atoms with E-state index in [-0.39, 0.29) is 11.9 Å². The Bertz CT molecular complexity index is 507. The van der Waals surface area contributed by atoms with Crippen molar-refractivity contribution in [3.63, 3.8) is 0 Å². The summed E-state index contributed by atoms with van der Waals surface area (Å²) in [5, 5.41) is 2.52. The Morgan fingerprint density at radius 1 is 1.38 bits per heavy atom. The number of halogens is 2. The molecule has 1 atom stereocenters. The predicted molar refractivity (Wildman–Crippen MR) is 67.3 cm³/mol. The van der Waals surface area contributed by atoms with Gasteiger partial charge < -0.3 is 5.73 Å². The lowest BCUT2D eigenvalue weighted by Crippen LogP contribution is -2.06. The first kappa shape index (κ1) is 11.6. The van der Waals surface area contributed by atoms with E-state index in [0.717, 1.165) is 16.0 Å². The van der Waals surface area contributed by atoms with Crippen LogP contribution in [-0.2, 0) is 0 Å². The minimum Gasteiger partial charge on any atom is -0.324 e. The molecule has 16 heavy (non-hydrogen) atoms. The van der Waals surface area contributed by atoms with Gasteiger partial charge in [-0.15, -0.1) is 11.3 Å². The number of nitrogens with two attached hydrogens (primary N) is 1. The van der Waals surface area contributed by atoms with Gasteiger partial charge in [-0.2, -0.15) is 0 Å². The van der Waals surface area contributed by atoms with E-state index in [0.29, 0.717) is 5.02 Å². The van der Waals surface area contributed by atoms with Crippen LogP contribution in [0.25, 0.3) is 10.4 Å². The number of benzene rings is 1. The van der Waals surface area contributed by atoms with Crippen LogP contribution in [0.4, 0.5) is 4.39 Å². The summed E-state index contributed by atoms with van der Waals surface area (Å²) in [6.45, 7) is 1.87. The van der Waals surface area contributed by atoms with E-state index >= 15 is 0 Å². The molecule has 0 aliphatic rings. The van der Waals surface area contributed by atoms with Crippen LogP contribution in [0.15, 0.2) is 29.6 Å². The van der Waals surface area contributed by atoms with E-state index in [4.69, 9.17) is 17.3 Å². The van der Waals surface area contributed by atoms with Gasteiger partial charge in [-0.1, -0.05) is 17.7 Å². The molecule has 0 radical (unpaired) electrons. The maximum atomic E-state index is 13.3. The zero-order valence-electron chi connectivity index (χ0n) is 8.71. The van der Waals surface area contributed by atoms with Gasteiger partial charge in [0.05, 0.1) is 9.90 Å². The fourth-order valence-corrected chi connectivity index (χ4v) is 2.81. The molecule has 1 nitrogen and oxygen atoms in total. The Balaban J connectivity index is 2.63. The maximum Gasteiger partial charge on any atom is 0.123 e. The molecule has 0 aliphatic carbocycles. The Labute approximate surface area is 103 Å². The molecule has 0 spiro atoms. The van der Waals surface area contributed by atoms with Crippen molar-refractivity contribution in [1.82, 2.24) is 0 Å². The Morgan fingerprint density at radius 2 is 2.12 bits per heavy atom. The first-order valence-electron chi connectivity index (χ1n) is 4.88. The molecule has 1 heterocycles. The molecule has 84 valence electrons. The minimum atomic E-state index is -0.274. The molecular weight excluding hydrogens is 245 g/mol. The van der Waals surface area contributed by atoms with Crippen LogP contribution in [-0.4, -0.2) is 0 Å². The summed E-state index contributed by atoms with van der Waals surface area (Å²) >= 11 is 7.54. The smallest absolute Gasteiger partial charge is 0.123 e. The SMILES string of the molecule is CC(N)c1ccc(F)cc1-c1sccc1Cl. The van der Waals surface area contributed by atoms with Gasteiger partial charge in [0.15, 0.2) is 0 Å². The van der Waals surface area contributed by atoms with Gasteiger partial charge in [0.25, 0.3) is 0 Å². The largest absolute Gasteiger partial charge is 0.324 e. The van der Waals surface area contributed by atoms with Crippen molar-refractivity contribution in [3.05, 3.63) is 46.0 Å². The number of hydrogen-bond acceptors (Lipinski definition) is 2. The average Bonchev–Trinajstić information content (AvgIpc) is 2.63. The molecule has 0 fully saturated rings. The van der Waals surface area contributed by atoms with Gasteiger partial charge >= 0.3 is 0 Å². The van der Waals surface area contributed by atoms with Crippen molar-refractivity contribution in [2.75, 3.05) is 0 Å². The quantitative estimate of drug-likeness (QED) is 0.854. The molecule has 2 aromatic rings. The maximum absolute atomic E-state index is 13.3. The van der Waals surface area contributed by atoms with Crippen LogP contribution in [0.1, 0.15) is 18.5 Å². The molecular formula is C12H11ClFNS. The minimum absolute atomic E-state index is 0.145. The summed E-state index contributed by atoms with van der Waals surface area (Å²) in [4.78, 5) is 0.869. The third-order valence-corrected chi connectivity index (χ3v) is 3.74. The van der Waals surface area contributed by atoms with Gasteiger partial charge in [-0.25, -0.2) is 4.39 Å². The zero-order chi connectivity index (χ0) is 11.7. The summed E-state index contributed by atoms with van der Waals surface area (Å²) in [6, 6.07) is 6.27. The van der Waals surface area contributed by atoms with Crippen molar-refractivity contribution >= 4 is 22.9 Å². The molecule has 1 unspecified atom stereocenters. The Hall–Kier alpha value is -0.900. The van der Waals surface area contributed by atoms with E-state index in [2.05, 4.69) is 0 Å². The van der Waals surface area contributed by atoms with Crippen LogP contribution in [0.2, 0.25) is 5.02 Å². The van der Waals surface area contributed by atoms with Gasteiger partial charge in [0.1, 0.15) is 5.82 Å². The van der Waals surface area contributed by atoms with Crippen molar-refractivity contribution in [2.24, 2.45) is 5.73 Å². The second-order valence-corrected chi connectivity index (χ2v) is 4.94. The van der Waals surface area contributed by atoms with E-state index < -0.39 is 0 Å². The predicted octanol–water partition coefficient (Wildman–Crippen LogP) is 4.23. The van der Waals surface area contributed by atoms with E-state index in [1.807, 2.05) is 12.3 Å². The van der Waals surface area contributed by atoms with Crippen molar-refractivity contribution < 1.29 is 4.39 Å². The lowest BCUT2D eigenvalue weighted by Gasteiger charge is -2.12. The van der Waals surface area contributed by atoms with E-state index in [1.54, 1.807) is 12.1 Å². The summed E-state index contributed by atoms with van der Waals surface area (Å²) < 4.78 is 13.3. The first-order chi connectivity index (χ1) is 7.59. The van der Waals surface area contributed by atoms with E-state index in [1.165, 1.54) is 23.5 Å². The highest BCUT2D eigenvalue weighted by atomic mass is 35.5. The molecule has 0 amide bonds. The molecule has 1 aromatic heterocycles. The topological polar surface area (TPSA) is 26.0 Å². The van der Waals surface area contributed by atoms with Crippen molar-refractivity contribution in [1.29, 1.82) is 0 Å². The number of hydrogen-bond donors (Lipinski definition) is 1. The third kappa shape index (κ3) is 2.12. The van der Waals surface area contributed by atoms with Gasteiger partial charge in [0.2, 0.25) is 0 Å². The molecule has 0 aliphatic heterocycles. The summed E-state index contributed by atoms with van der Waals surface area (Å²) in [5.74, 6) is -0.274. The molecule has 4 heteroatoms. The van der Waals surface area contributed by atoms with Crippen LogP contribution in [0.3, 0.4) is 0 Å². The molecule has 0 saturated heterocycles. The molecule has 2 rings (SSSR count). The monoisotopic (exact) mass is 255 g/mol. The second kappa shape index (κ2) is 4.53. The molecule has 0 saturated carbocycles. The number of rotatable bonds is 2. The highest BCUT2D eigenvalue weighted by molar-refractivity contribution is 7.14. The lowest BCUT2D eigenvalue weighted by molar-refractivity contribution is 0.626. The number of thiophene rings is 1. The van der Waals surface area contributed by atoms with Crippen molar-refractivity contribution in [3.8, 4) is 10.4 Å². The lowest BCUT2D eigenvalue weighted by atomic mass is 10.0. The normalized spacial score (nSPS) is 12.8. The standard InChI is InChI=1S/C12H11ClFNS/c1-7(15)9-3-2-8(14)6-10(9)12-11(13)4-5-16-12/h2-7H,15H2,1H3. The van der Waals surface area contributed by atoms with Crippen LogP contribution in [0, 0.1) is 5.82 Å². The Kier molecular flexibility index (Phi) is 3.28. The molecule has 1 aromatic carbocycles. The molecule has 2 N–H and O–H groups in total. The van der Waals surface area contributed by atoms with Crippen LogP contribution < -0.4 is 5.73 Å². The fourth-order valence-electron chi connectivity index (χ4n) is 1.61. The average molecular weight is 256 g/mol. The fraction of sp³-hybridized carbons (Fsp3) is 0.167. The zero-order valence-corrected chi connectivity index (χ0v) is 10.3. The van der Waals surface area contributed by atoms with Gasteiger partial charge in [-0.05, 0) is 36.1 Å².